The van der Waals surface area contributed by atoms with Crippen LogP contribution in [0.15, 0.2) is 29.6 Å². The van der Waals surface area contributed by atoms with E-state index in [0.717, 1.165) is 12.8 Å². The molecule has 1 aromatic rings. The number of hydrogen-bond donors (Lipinski definition) is 0. The summed E-state index contributed by atoms with van der Waals surface area (Å²) < 4.78 is 7.54. The molecule has 1 unspecified atom stereocenters. The Kier molecular flexibility index (Phi) is 6.59. The van der Waals surface area contributed by atoms with Crippen LogP contribution in [0.5, 0.6) is 0 Å². The maximum atomic E-state index is 11.9. The van der Waals surface area contributed by atoms with E-state index in [-0.39, 0.29) is 16.6 Å². The van der Waals surface area contributed by atoms with E-state index >= 15 is 0 Å². The van der Waals surface area contributed by atoms with Crippen molar-refractivity contribution >= 4 is 19.9 Å². The van der Waals surface area contributed by atoms with E-state index in [1.807, 2.05) is 0 Å². The molecule has 0 aliphatic carbocycles. The van der Waals surface area contributed by atoms with Crippen molar-refractivity contribution in [2.24, 2.45) is 0 Å². The highest BCUT2D eigenvalue weighted by atomic mass is 35.5. The lowest BCUT2D eigenvalue weighted by Crippen LogP contribution is -2.41. The average molecular weight is 343 g/mol. The van der Waals surface area contributed by atoms with Crippen LogP contribution in [0.2, 0.25) is 23.3 Å². The topological polar surface area (TPSA) is 44.1 Å². The molecule has 1 aromatic heterocycles. The molecule has 0 aliphatic rings. The smallest absolute Gasteiger partial charge is 0.267 e. The molecular formula is C16H27ClN2O2Si. The Morgan fingerprint density at radius 2 is 2.09 bits per heavy atom. The van der Waals surface area contributed by atoms with Crippen LogP contribution in [0, 0.1) is 0 Å². The zero-order chi connectivity index (χ0) is 17.0. The Balaban J connectivity index is 2.61. The Bertz CT molecular complexity index is 564. The molecule has 0 aliphatic heterocycles. The van der Waals surface area contributed by atoms with Gasteiger partial charge in [-0.25, -0.2) is 4.68 Å². The fourth-order valence-electron chi connectivity index (χ4n) is 1.82. The molecule has 0 amide bonds. The lowest BCUT2D eigenvalue weighted by Gasteiger charge is -2.36. The molecule has 4 nitrogen and oxygen atoms in total. The van der Waals surface area contributed by atoms with E-state index in [1.54, 1.807) is 6.08 Å². The van der Waals surface area contributed by atoms with Crippen molar-refractivity contribution in [3.63, 3.8) is 0 Å². The minimum Gasteiger partial charge on any atom is -0.417 e. The number of nitrogens with zero attached hydrogens (tertiary/aromatic N) is 2. The van der Waals surface area contributed by atoms with Gasteiger partial charge in [-0.1, -0.05) is 38.4 Å². The molecule has 0 saturated carbocycles. The predicted molar refractivity (Wildman–Crippen MR) is 95.1 cm³/mol. The van der Waals surface area contributed by atoms with E-state index in [1.165, 1.54) is 16.8 Å². The van der Waals surface area contributed by atoms with Crippen LogP contribution in [0.1, 0.15) is 39.7 Å². The van der Waals surface area contributed by atoms with Gasteiger partial charge in [-0.2, -0.15) is 5.10 Å². The van der Waals surface area contributed by atoms with Crippen LogP contribution in [0.3, 0.4) is 0 Å². The first kappa shape index (κ1) is 19.1. The molecule has 0 bridgehead atoms. The van der Waals surface area contributed by atoms with E-state index < -0.39 is 8.32 Å². The van der Waals surface area contributed by atoms with E-state index in [4.69, 9.17) is 16.0 Å². The molecule has 1 atom stereocenters. The molecule has 22 heavy (non-hydrogen) atoms. The number of rotatable bonds is 7. The Labute approximate surface area is 139 Å². The highest BCUT2D eigenvalue weighted by Gasteiger charge is 2.36. The van der Waals surface area contributed by atoms with Crippen LogP contribution >= 0.6 is 11.6 Å². The fourth-order valence-corrected chi connectivity index (χ4v) is 3.05. The Hall–Kier alpha value is -0.913. The minimum atomic E-state index is -1.72. The van der Waals surface area contributed by atoms with Crippen LogP contribution in [0.4, 0.5) is 0 Å². The third kappa shape index (κ3) is 5.07. The van der Waals surface area contributed by atoms with Gasteiger partial charge >= 0.3 is 0 Å². The lowest BCUT2D eigenvalue weighted by molar-refractivity contribution is 0.270. The monoisotopic (exact) mass is 342 g/mol. The van der Waals surface area contributed by atoms with Gasteiger partial charge in [-0.05, 0) is 37.0 Å². The van der Waals surface area contributed by atoms with Crippen molar-refractivity contribution in [1.29, 1.82) is 0 Å². The van der Waals surface area contributed by atoms with Gasteiger partial charge < -0.3 is 4.43 Å². The van der Waals surface area contributed by atoms with Crippen LogP contribution in [-0.4, -0.2) is 24.7 Å². The number of allylic oxidation sites excluding steroid dienone is 1. The molecule has 124 valence electrons. The van der Waals surface area contributed by atoms with Gasteiger partial charge in [0.2, 0.25) is 0 Å². The molecular weight excluding hydrogens is 316 g/mol. The van der Waals surface area contributed by atoms with Crippen molar-refractivity contribution in [3.05, 3.63) is 40.3 Å². The van der Waals surface area contributed by atoms with Crippen molar-refractivity contribution in [2.75, 3.05) is 6.61 Å². The molecule has 0 saturated heterocycles. The second-order valence-corrected chi connectivity index (χ2v) is 12.2. The first-order chi connectivity index (χ1) is 10.1. The highest BCUT2D eigenvalue weighted by molar-refractivity contribution is 6.74. The quantitative estimate of drug-likeness (QED) is 0.418. The summed E-state index contributed by atoms with van der Waals surface area (Å²) in [5, 5.41) is 4.59. The zero-order valence-corrected chi connectivity index (χ0v) is 16.0. The summed E-state index contributed by atoms with van der Waals surface area (Å²) in [4.78, 5) is 11.9. The summed E-state index contributed by atoms with van der Waals surface area (Å²) in [6, 6.07) is 2.77. The van der Waals surface area contributed by atoms with Crippen molar-refractivity contribution in [3.8, 4) is 0 Å². The van der Waals surface area contributed by atoms with Crippen LogP contribution in [0.25, 0.3) is 0 Å². The number of aromatic nitrogens is 2. The summed E-state index contributed by atoms with van der Waals surface area (Å²) in [5.74, 6) is 0. The summed E-state index contributed by atoms with van der Waals surface area (Å²) in [6.07, 6.45) is 3.34. The molecule has 0 N–H and O–H groups in total. The van der Waals surface area contributed by atoms with Crippen LogP contribution in [-0.2, 0) is 4.43 Å². The maximum absolute atomic E-state index is 11.9. The first-order valence-corrected chi connectivity index (χ1v) is 10.9. The zero-order valence-electron chi connectivity index (χ0n) is 14.2. The predicted octanol–water partition coefficient (Wildman–Crippen LogP) is 4.43. The second-order valence-electron chi connectivity index (χ2n) is 6.99. The molecule has 0 aromatic carbocycles. The van der Waals surface area contributed by atoms with Gasteiger partial charge in [0.05, 0.1) is 6.04 Å². The Morgan fingerprint density at radius 1 is 1.45 bits per heavy atom. The highest BCUT2D eigenvalue weighted by Crippen LogP contribution is 2.36. The molecule has 1 heterocycles. The standard InChI is InChI=1S/C16H27ClN2O2Si/c1-7-13(19-15(20)11-10-14(17)18-19)9-8-12-21-22(5,6)16(2,3)4/h7,10-11,13H,1,8-9,12H2,2-6H3. The van der Waals surface area contributed by atoms with Gasteiger partial charge in [-0.3, -0.25) is 4.79 Å². The normalized spacial score (nSPS) is 13.9. The molecule has 0 radical (unpaired) electrons. The molecule has 0 fully saturated rings. The summed E-state index contributed by atoms with van der Waals surface area (Å²) >= 11 is 5.86. The summed E-state index contributed by atoms with van der Waals surface area (Å²) in [5.41, 5.74) is -0.167. The van der Waals surface area contributed by atoms with Gasteiger partial charge in [0.15, 0.2) is 8.32 Å². The van der Waals surface area contributed by atoms with Crippen LogP contribution < -0.4 is 5.56 Å². The summed E-state index contributed by atoms with van der Waals surface area (Å²) in [6.45, 7) is 15.6. The number of halogens is 1. The minimum absolute atomic E-state index is 0.158. The average Bonchev–Trinajstić information content (AvgIpc) is 2.41. The second kappa shape index (κ2) is 7.57. The van der Waals surface area contributed by atoms with Gasteiger partial charge in [0, 0.05) is 12.7 Å². The maximum Gasteiger partial charge on any atom is 0.267 e. The van der Waals surface area contributed by atoms with E-state index in [0.29, 0.717) is 11.8 Å². The van der Waals surface area contributed by atoms with Gasteiger partial charge in [0.25, 0.3) is 5.56 Å². The number of hydrogen-bond acceptors (Lipinski definition) is 3. The SMILES string of the molecule is C=CC(CCCO[Si](C)(C)C(C)(C)C)n1nc(Cl)ccc1=O. The lowest BCUT2D eigenvalue weighted by atomic mass is 10.1. The van der Waals surface area contributed by atoms with Crippen molar-refractivity contribution in [2.45, 2.75) is 57.8 Å². The largest absolute Gasteiger partial charge is 0.417 e. The van der Waals surface area contributed by atoms with Crippen molar-refractivity contribution < 1.29 is 4.43 Å². The third-order valence-corrected chi connectivity index (χ3v) is 9.03. The molecule has 1 rings (SSSR count). The van der Waals surface area contributed by atoms with E-state index in [9.17, 15) is 4.79 Å². The third-order valence-electron chi connectivity index (χ3n) is 4.29. The van der Waals surface area contributed by atoms with Gasteiger partial charge in [-0.15, -0.1) is 6.58 Å². The van der Waals surface area contributed by atoms with E-state index in [2.05, 4.69) is 45.5 Å². The molecule has 6 heteroatoms. The first-order valence-electron chi connectivity index (χ1n) is 7.60. The fraction of sp³-hybridized carbons (Fsp3) is 0.625. The molecule has 0 spiro atoms. The van der Waals surface area contributed by atoms with Gasteiger partial charge in [0.1, 0.15) is 5.15 Å². The van der Waals surface area contributed by atoms with Crippen molar-refractivity contribution in [1.82, 2.24) is 9.78 Å². The summed E-state index contributed by atoms with van der Waals surface area (Å²) in [7, 11) is -1.72. The Morgan fingerprint density at radius 3 is 2.64 bits per heavy atom.